The molecular weight excluding hydrogens is 232 g/mol. The van der Waals surface area contributed by atoms with Gasteiger partial charge < -0.3 is 14.2 Å². The van der Waals surface area contributed by atoms with Crippen molar-refractivity contribution in [3.8, 4) is 0 Å². The maximum atomic E-state index is 5.69. The van der Waals surface area contributed by atoms with Gasteiger partial charge in [-0.05, 0) is 12.5 Å². The number of ether oxygens (including phenoxy) is 3. The third kappa shape index (κ3) is 8.55. The normalized spacial score (nSPS) is 21.2. The van der Waals surface area contributed by atoms with Gasteiger partial charge in [-0.15, -0.1) is 6.58 Å². The maximum Gasteiger partial charge on any atom is 0.147 e. The van der Waals surface area contributed by atoms with E-state index in [0.717, 1.165) is 26.1 Å². The summed E-state index contributed by atoms with van der Waals surface area (Å²) >= 11 is 0. The van der Waals surface area contributed by atoms with Gasteiger partial charge in [0, 0.05) is 21.1 Å². The van der Waals surface area contributed by atoms with Crippen molar-refractivity contribution in [2.45, 2.75) is 50.7 Å². The third-order valence-electron chi connectivity index (χ3n) is 2.74. The zero-order chi connectivity index (χ0) is 12.7. The lowest BCUT2D eigenvalue weighted by Gasteiger charge is -2.18. The lowest BCUT2D eigenvalue weighted by molar-refractivity contribution is -0.0885. The van der Waals surface area contributed by atoms with Gasteiger partial charge in [-0.1, -0.05) is 25.7 Å². The number of hydrogen-bond donors (Lipinski definition) is 0. The maximum absolute atomic E-state index is 5.69. The molecule has 0 aromatic carbocycles. The van der Waals surface area contributed by atoms with Crippen molar-refractivity contribution in [2.24, 2.45) is 0 Å². The first kappa shape index (κ1) is 14.9. The largest absolute Gasteiger partial charge is 0.373 e. The van der Waals surface area contributed by atoms with Crippen LogP contribution in [0, 0.1) is 0 Å². The molecule has 17 heavy (non-hydrogen) atoms. The van der Waals surface area contributed by atoms with E-state index in [-0.39, 0.29) is 6.10 Å². The van der Waals surface area contributed by atoms with E-state index in [2.05, 4.69) is 26.2 Å². The van der Waals surface area contributed by atoms with E-state index >= 15 is 0 Å². The first-order chi connectivity index (χ1) is 8.01. The molecule has 0 radical (unpaired) electrons. The molecule has 1 unspecified atom stereocenters. The predicted molar refractivity (Wildman–Crippen MR) is 73.0 cm³/mol. The summed E-state index contributed by atoms with van der Waals surface area (Å²) in [6, 6.07) is 1.19. The standard InChI is InChI=1S/C13H26O3Si/c1-5-6-12(9-13-10-15-13)16-11-14-7-8-17(2,3)4/h5,12-13H,1,6-11H2,2-4H3/t12-,13?/m1/s1. The van der Waals surface area contributed by atoms with E-state index in [0.29, 0.717) is 12.9 Å². The van der Waals surface area contributed by atoms with Gasteiger partial charge in [0.05, 0.1) is 18.8 Å². The van der Waals surface area contributed by atoms with Crippen LogP contribution in [0.2, 0.25) is 25.7 Å². The van der Waals surface area contributed by atoms with Gasteiger partial charge in [-0.3, -0.25) is 0 Å². The molecule has 100 valence electrons. The first-order valence-electron chi connectivity index (χ1n) is 6.43. The molecule has 0 aromatic rings. The zero-order valence-electron chi connectivity index (χ0n) is 11.4. The molecule has 0 aromatic heterocycles. The van der Waals surface area contributed by atoms with Crippen molar-refractivity contribution < 1.29 is 14.2 Å². The first-order valence-corrected chi connectivity index (χ1v) is 10.1. The van der Waals surface area contributed by atoms with Crippen LogP contribution in [0.4, 0.5) is 0 Å². The molecular formula is C13H26O3Si. The van der Waals surface area contributed by atoms with Gasteiger partial charge >= 0.3 is 0 Å². The van der Waals surface area contributed by atoms with E-state index in [9.17, 15) is 0 Å². The minimum absolute atomic E-state index is 0.201. The Morgan fingerprint density at radius 3 is 2.71 bits per heavy atom. The molecule has 0 spiro atoms. The van der Waals surface area contributed by atoms with Gasteiger partial charge in [0.15, 0.2) is 0 Å². The van der Waals surface area contributed by atoms with Gasteiger partial charge in [0.1, 0.15) is 6.79 Å². The van der Waals surface area contributed by atoms with E-state index in [1.165, 1.54) is 6.04 Å². The number of rotatable bonds is 10. The molecule has 1 rings (SSSR count). The van der Waals surface area contributed by atoms with Gasteiger partial charge in [0.2, 0.25) is 0 Å². The molecule has 0 aliphatic carbocycles. The van der Waals surface area contributed by atoms with Gasteiger partial charge in [0.25, 0.3) is 0 Å². The van der Waals surface area contributed by atoms with Crippen LogP contribution in [0.5, 0.6) is 0 Å². The summed E-state index contributed by atoms with van der Waals surface area (Å²) in [4.78, 5) is 0. The molecule has 1 saturated heterocycles. The van der Waals surface area contributed by atoms with E-state index in [1.807, 2.05) is 6.08 Å². The minimum atomic E-state index is -0.983. The topological polar surface area (TPSA) is 31.0 Å². The molecule has 0 saturated carbocycles. The lowest BCUT2D eigenvalue weighted by atomic mass is 10.1. The molecule has 1 aliphatic rings. The second-order valence-electron chi connectivity index (χ2n) is 5.84. The van der Waals surface area contributed by atoms with Crippen LogP contribution in [0.25, 0.3) is 0 Å². The molecule has 3 nitrogen and oxygen atoms in total. The number of epoxide rings is 1. The van der Waals surface area contributed by atoms with Crippen LogP contribution >= 0.6 is 0 Å². The average Bonchev–Trinajstić information content (AvgIpc) is 2.99. The van der Waals surface area contributed by atoms with Crippen LogP contribution in [0.1, 0.15) is 12.8 Å². The highest BCUT2D eigenvalue weighted by molar-refractivity contribution is 6.76. The van der Waals surface area contributed by atoms with Crippen LogP contribution in [-0.4, -0.2) is 40.3 Å². The fraction of sp³-hybridized carbons (Fsp3) is 0.846. The Morgan fingerprint density at radius 2 is 2.18 bits per heavy atom. The Hall–Kier alpha value is -0.163. The van der Waals surface area contributed by atoms with Crippen LogP contribution in [0.15, 0.2) is 12.7 Å². The van der Waals surface area contributed by atoms with Crippen molar-refractivity contribution >= 4 is 8.07 Å². The molecule has 4 heteroatoms. The molecule has 1 fully saturated rings. The smallest absolute Gasteiger partial charge is 0.147 e. The Labute approximate surface area is 106 Å². The summed E-state index contributed by atoms with van der Waals surface area (Å²) in [5.74, 6) is 0. The number of hydrogen-bond acceptors (Lipinski definition) is 3. The van der Waals surface area contributed by atoms with Crippen LogP contribution in [-0.2, 0) is 14.2 Å². The summed E-state index contributed by atoms with van der Waals surface area (Å²) in [5, 5.41) is 0. The Bertz CT molecular complexity index is 221. The molecule has 0 bridgehead atoms. The second kappa shape index (κ2) is 7.31. The van der Waals surface area contributed by atoms with Crippen molar-refractivity contribution in [2.75, 3.05) is 20.0 Å². The van der Waals surface area contributed by atoms with Crippen molar-refractivity contribution in [3.05, 3.63) is 12.7 Å². The van der Waals surface area contributed by atoms with Gasteiger partial charge in [-0.25, -0.2) is 0 Å². The van der Waals surface area contributed by atoms with Crippen molar-refractivity contribution in [1.82, 2.24) is 0 Å². The Balaban J connectivity index is 2.03. The highest BCUT2D eigenvalue weighted by Gasteiger charge is 2.26. The molecule has 2 atom stereocenters. The summed E-state index contributed by atoms with van der Waals surface area (Å²) in [6.45, 7) is 12.9. The summed E-state index contributed by atoms with van der Waals surface area (Å²) in [5.41, 5.74) is 0. The highest BCUT2D eigenvalue weighted by Crippen LogP contribution is 2.19. The highest BCUT2D eigenvalue weighted by atomic mass is 28.3. The summed E-state index contributed by atoms with van der Waals surface area (Å²) in [6.07, 6.45) is 4.34. The van der Waals surface area contributed by atoms with E-state index < -0.39 is 8.07 Å². The second-order valence-corrected chi connectivity index (χ2v) is 11.5. The Kier molecular flexibility index (Phi) is 6.41. The van der Waals surface area contributed by atoms with Gasteiger partial charge in [-0.2, -0.15) is 0 Å². The van der Waals surface area contributed by atoms with Crippen molar-refractivity contribution in [3.63, 3.8) is 0 Å². The summed E-state index contributed by atoms with van der Waals surface area (Å²) in [7, 11) is -0.983. The SMILES string of the molecule is C=CC[C@H](CC1CO1)OCOCC[Si](C)(C)C. The molecule has 1 aliphatic heterocycles. The predicted octanol–water partition coefficient (Wildman–Crippen LogP) is 3.05. The monoisotopic (exact) mass is 258 g/mol. The van der Waals surface area contributed by atoms with Crippen molar-refractivity contribution in [1.29, 1.82) is 0 Å². The van der Waals surface area contributed by atoms with E-state index in [4.69, 9.17) is 14.2 Å². The third-order valence-corrected chi connectivity index (χ3v) is 4.45. The lowest BCUT2D eigenvalue weighted by Crippen LogP contribution is -2.23. The van der Waals surface area contributed by atoms with E-state index in [1.54, 1.807) is 0 Å². The van der Waals surface area contributed by atoms with Crippen LogP contribution < -0.4 is 0 Å². The summed E-state index contributed by atoms with van der Waals surface area (Å²) < 4.78 is 16.4. The fourth-order valence-corrected chi connectivity index (χ4v) is 2.25. The Morgan fingerprint density at radius 1 is 1.47 bits per heavy atom. The molecule has 0 N–H and O–H groups in total. The minimum Gasteiger partial charge on any atom is -0.373 e. The quantitative estimate of drug-likeness (QED) is 0.198. The molecule has 0 amide bonds. The van der Waals surface area contributed by atoms with Crippen LogP contribution in [0.3, 0.4) is 0 Å². The average molecular weight is 258 g/mol. The molecule has 1 heterocycles. The zero-order valence-corrected chi connectivity index (χ0v) is 12.4. The fourth-order valence-electron chi connectivity index (χ4n) is 1.50.